The Morgan fingerprint density at radius 1 is 1.29 bits per heavy atom. The Kier molecular flexibility index (Phi) is 4.07. The number of piperidine rings is 1. The Labute approximate surface area is 100.0 Å². The molecule has 1 aliphatic heterocycles. The number of nitrogens with one attached hydrogen (secondary N) is 1. The number of rotatable bonds is 3. The molecule has 94 valence electrons. The largest absolute Gasteiger partial charge is 0.380 e. The van der Waals surface area contributed by atoms with Crippen LogP contribution in [0.3, 0.4) is 0 Å². The molecule has 1 saturated heterocycles. The number of hydrogen-bond donors (Lipinski definition) is 1. The summed E-state index contributed by atoms with van der Waals surface area (Å²) in [5.41, 5.74) is 0.670. The quantitative estimate of drug-likeness (QED) is 0.878. The maximum atomic E-state index is 14.2. The Morgan fingerprint density at radius 2 is 2.00 bits per heavy atom. The van der Waals surface area contributed by atoms with Crippen LogP contribution in [0.1, 0.15) is 29.9 Å². The number of halogens is 2. The molecule has 0 bridgehead atoms. The molecule has 0 spiro atoms. The average Bonchev–Trinajstić information content (AvgIpc) is 2.36. The SMILES string of the molecule is COCc1c(F)ccc(C2CCNCC2)c1F. The van der Waals surface area contributed by atoms with Crippen molar-refractivity contribution in [2.45, 2.75) is 25.4 Å². The molecule has 1 aromatic rings. The van der Waals surface area contributed by atoms with Crippen LogP contribution in [-0.2, 0) is 11.3 Å². The van der Waals surface area contributed by atoms with Crippen LogP contribution in [0, 0.1) is 11.6 Å². The van der Waals surface area contributed by atoms with Gasteiger partial charge in [-0.05, 0) is 43.5 Å². The standard InChI is InChI=1S/C13H17F2NO/c1-17-8-11-12(14)3-2-10(13(11)15)9-4-6-16-7-5-9/h2-3,9,16H,4-8H2,1H3. The van der Waals surface area contributed by atoms with E-state index in [9.17, 15) is 8.78 Å². The molecule has 1 heterocycles. The van der Waals surface area contributed by atoms with Crippen LogP contribution in [0.5, 0.6) is 0 Å². The summed E-state index contributed by atoms with van der Waals surface area (Å²) in [7, 11) is 1.44. The summed E-state index contributed by atoms with van der Waals surface area (Å²) in [4.78, 5) is 0. The molecule has 17 heavy (non-hydrogen) atoms. The monoisotopic (exact) mass is 241 g/mol. The third-order valence-corrected chi connectivity index (χ3v) is 3.28. The average molecular weight is 241 g/mol. The van der Waals surface area contributed by atoms with Gasteiger partial charge < -0.3 is 10.1 Å². The molecule has 1 aliphatic rings. The van der Waals surface area contributed by atoms with E-state index in [1.807, 2.05) is 0 Å². The molecular weight excluding hydrogens is 224 g/mol. The van der Waals surface area contributed by atoms with E-state index < -0.39 is 11.6 Å². The second-order valence-corrected chi connectivity index (χ2v) is 4.39. The van der Waals surface area contributed by atoms with Gasteiger partial charge in [-0.3, -0.25) is 0 Å². The van der Waals surface area contributed by atoms with E-state index in [4.69, 9.17) is 4.74 Å². The van der Waals surface area contributed by atoms with Crippen molar-refractivity contribution in [3.8, 4) is 0 Å². The minimum absolute atomic E-state index is 0.0174. The zero-order valence-electron chi connectivity index (χ0n) is 9.93. The first-order valence-corrected chi connectivity index (χ1v) is 5.90. The van der Waals surface area contributed by atoms with E-state index in [0.29, 0.717) is 5.56 Å². The van der Waals surface area contributed by atoms with Gasteiger partial charge in [0, 0.05) is 12.7 Å². The van der Waals surface area contributed by atoms with Gasteiger partial charge in [0.05, 0.1) is 6.61 Å². The molecule has 1 aromatic carbocycles. The molecule has 1 fully saturated rings. The molecule has 4 heteroatoms. The summed E-state index contributed by atoms with van der Waals surface area (Å²) < 4.78 is 32.5. The third kappa shape index (κ3) is 2.64. The van der Waals surface area contributed by atoms with Gasteiger partial charge in [0.25, 0.3) is 0 Å². The highest BCUT2D eigenvalue weighted by molar-refractivity contribution is 5.30. The third-order valence-electron chi connectivity index (χ3n) is 3.28. The minimum Gasteiger partial charge on any atom is -0.380 e. The van der Waals surface area contributed by atoms with Crippen molar-refractivity contribution >= 4 is 0 Å². The van der Waals surface area contributed by atoms with Crippen LogP contribution >= 0.6 is 0 Å². The fraction of sp³-hybridized carbons (Fsp3) is 0.538. The second-order valence-electron chi connectivity index (χ2n) is 4.39. The highest BCUT2D eigenvalue weighted by atomic mass is 19.1. The molecule has 0 amide bonds. The van der Waals surface area contributed by atoms with Crippen molar-refractivity contribution in [1.82, 2.24) is 5.32 Å². The topological polar surface area (TPSA) is 21.3 Å². The summed E-state index contributed by atoms with van der Waals surface area (Å²) in [5, 5.41) is 3.23. The van der Waals surface area contributed by atoms with Crippen LogP contribution in [0.25, 0.3) is 0 Å². The van der Waals surface area contributed by atoms with Crippen LogP contribution in [0.15, 0.2) is 12.1 Å². The van der Waals surface area contributed by atoms with Crippen molar-refractivity contribution in [2.24, 2.45) is 0 Å². The first-order chi connectivity index (χ1) is 8.24. The molecule has 1 N–H and O–H groups in total. The fourth-order valence-electron chi connectivity index (χ4n) is 2.34. The Morgan fingerprint density at radius 3 is 2.65 bits per heavy atom. The van der Waals surface area contributed by atoms with Crippen molar-refractivity contribution in [2.75, 3.05) is 20.2 Å². The molecule has 0 aliphatic carbocycles. The molecule has 0 aromatic heterocycles. The first kappa shape index (κ1) is 12.5. The maximum Gasteiger partial charge on any atom is 0.135 e. The summed E-state index contributed by atoms with van der Waals surface area (Å²) in [6.07, 6.45) is 1.80. The molecule has 0 unspecified atom stereocenters. The van der Waals surface area contributed by atoms with Gasteiger partial charge in [-0.25, -0.2) is 8.78 Å². The summed E-state index contributed by atoms with van der Waals surface area (Å²) in [5.74, 6) is -0.770. The Balaban J connectivity index is 2.30. The van der Waals surface area contributed by atoms with Gasteiger partial charge in [0.1, 0.15) is 11.6 Å². The Bertz CT molecular complexity index is 389. The first-order valence-electron chi connectivity index (χ1n) is 5.90. The van der Waals surface area contributed by atoms with Crippen LogP contribution in [0.4, 0.5) is 8.78 Å². The molecule has 2 nitrogen and oxygen atoms in total. The lowest BCUT2D eigenvalue weighted by Crippen LogP contribution is -2.27. The highest BCUT2D eigenvalue weighted by Gasteiger charge is 2.22. The van der Waals surface area contributed by atoms with E-state index in [1.54, 1.807) is 6.07 Å². The number of methoxy groups -OCH3 is 1. The summed E-state index contributed by atoms with van der Waals surface area (Å²) >= 11 is 0. The van der Waals surface area contributed by atoms with Crippen LogP contribution in [0.2, 0.25) is 0 Å². The lowest BCUT2D eigenvalue weighted by atomic mass is 9.89. The van der Waals surface area contributed by atoms with Gasteiger partial charge in [0.2, 0.25) is 0 Å². The predicted molar refractivity (Wildman–Crippen MR) is 61.9 cm³/mol. The fourth-order valence-corrected chi connectivity index (χ4v) is 2.34. The minimum atomic E-state index is -0.526. The van der Waals surface area contributed by atoms with Crippen molar-refractivity contribution in [1.29, 1.82) is 0 Å². The van der Waals surface area contributed by atoms with Crippen molar-refractivity contribution in [3.05, 3.63) is 34.9 Å². The smallest absolute Gasteiger partial charge is 0.135 e. The van der Waals surface area contributed by atoms with Gasteiger partial charge in [-0.15, -0.1) is 0 Å². The van der Waals surface area contributed by atoms with Crippen LogP contribution < -0.4 is 5.32 Å². The van der Waals surface area contributed by atoms with Gasteiger partial charge in [-0.1, -0.05) is 6.07 Å². The van der Waals surface area contributed by atoms with E-state index in [1.165, 1.54) is 13.2 Å². The maximum absolute atomic E-state index is 14.2. The summed E-state index contributed by atoms with van der Waals surface area (Å²) in [6.45, 7) is 1.76. The molecule has 0 saturated carbocycles. The highest BCUT2D eigenvalue weighted by Crippen LogP contribution is 2.30. The van der Waals surface area contributed by atoms with Crippen molar-refractivity contribution < 1.29 is 13.5 Å². The molecule has 0 radical (unpaired) electrons. The zero-order valence-corrected chi connectivity index (χ0v) is 9.93. The lowest BCUT2D eigenvalue weighted by Gasteiger charge is -2.24. The van der Waals surface area contributed by atoms with Crippen molar-refractivity contribution in [3.63, 3.8) is 0 Å². The van der Waals surface area contributed by atoms with E-state index in [2.05, 4.69) is 5.32 Å². The predicted octanol–water partition coefficient (Wildman–Crippen LogP) is 2.58. The molecular formula is C13H17F2NO. The van der Waals surface area contributed by atoms with Crippen LogP contribution in [-0.4, -0.2) is 20.2 Å². The van der Waals surface area contributed by atoms with Gasteiger partial charge >= 0.3 is 0 Å². The normalized spacial score (nSPS) is 17.4. The number of ether oxygens (including phenoxy) is 1. The zero-order chi connectivity index (χ0) is 12.3. The van der Waals surface area contributed by atoms with Gasteiger partial charge in [0.15, 0.2) is 0 Å². The number of benzene rings is 1. The molecule has 2 rings (SSSR count). The van der Waals surface area contributed by atoms with E-state index >= 15 is 0 Å². The second kappa shape index (κ2) is 5.56. The van der Waals surface area contributed by atoms with E-state index in [-0.39, 0.29) is 18.1 Å². The number of hydrogen-bond acceptors (Lipinski definition) is 2. The summed E-state index contributed by atoms with van der Waals surface area (Å²) in [6, 6.07) is 2.91. The Hall–Kier alpha value is -1.00. The van der Waals surface area contributed by atoms with E-state index in [0.717, 1.165) is 25.9 Å². The molecule has 0 atom stereocenters. The van der Waals surface area contributed by atoms with Gasteiger partial charge in [-0.2, -0.15) is 0 Å². The lowest BCUT2D eigenvalue weighted by molar-refractivity contribution is 0.177.